The van der Waals surface area contributed by atoms with Crippen LogP contribution < -0.4 is 0 Å². The number of hydrogen-bond acceptors (Lipinski definition) is 14. The lowest BCUT2D eigenvalue weighted by Crippen LogP contribution is -2.61. The first-order chi connectivity index (χ1) is 27.6. The fourth-order valence-corrected chi connectivity index (χ4v) is 10.1. The van der Waals surface area contributed by atoms with Crippen LogP contribution in [-0.2, 0) is 57.0 Å². The first-order valence-corrected chi connectivity index (χ1v) is 22.1. The van der Waals surface area contributed by atoms with Crippen LogP contribution in [0.25, 0.3) is 0 Å². The first kappa shape index (κ1) is 49.8. The molecule has 0 amide bonds. The predicted molar refractivity (Wildman–Crippen MR) is 221 cm³/mol. The van der Waals surface area contributed by atoms with E-state index in [1.807, 2.05) is 81.3 Å². The number of likely N-dealkylation sites (N-methyl/N-ethyl adjacent to an activating group) is 1. The molecule has 14 heteroatoms. The summed E-state index contributed by atoms with van der Waals surface area (Å²) in [5, 5.41) is 12.4. The summed E-state index contributed by atoms with van der Waals surface area (Å²) in [6.45, 7) is 25.7. The number of fused-ring (bicyclic) bond motifs is 2. The molecule has 0 aromatic rings. The van der Waals surface area contributed by atoms with Crippen molar-refractivity contribution in [2.75, 3.05) is 34.4 Å². The molecule has 342 valence electrons. The Morgan fingerprint density at radius 2 is 1.64 bits per heavy atom. The van der Waals surface area contributed by atoms with Crippen molar-refractivity contribution in [3.05, 3.63) is 11.3 Å². The number of hydrogen-bond donors (Lipinski definition) is 1. The average Bonchev–Trinajstić information content (AvgIpc) is 3.48. The van der Waals surface area contributed by atoms with Gasteiger partial charge in [0.15, 0.2) is 18.7 Å². The molecule has 4 heterocycles. The number of rotatable bonds is 16. The van der Waals surface area contributed by atoms with Gasteiger partial charge in [-0.3, -0.25) is 9.59 Å². The molecule has 2 unspecified atom stereocenters. The lowest BCUT2D eigenvalue weighted by molar-refractivity contribution is -0.320. The Morgan fingerprint density at radius 3 is 2.22 bits per heavy atom. The zero-order valence-corrected chi connectivity index (χ0v) is 39.0. The Kier molecular flexibility index (Phi) is 17.3. The molecule has 0 spiro atoms. The minimum absolute atomic E-state index is 0.199. The molecule has 0 radical (unpaired) electrons. The van der Waals surface area contributed by atoms with Crippen molar-refractivity contribution >= 4 is 11.9 Å². The maximum atomic E-state index is 14.8. The quantitative estimate of drug-likeness (QED) is 0.173. The number of methoxy groups -OCH3 is 1. The maximum absolute atomic E-state index is 14.8. The summed E-state index contributed by atoms with van der Waals surface area (Å²) in [4.78, 5) is 29.4. The van der Waals surface area contributed by atoms with Crippen molar-refractivity contribution in [1.29, 1.82) is 0 Å². The van der Waals surface area contributed by atoms with Crippen molar-refractivity contribution in [3.63, 3.8) is 0 Å². The molecular formula is C45H79NO13. The molecule has 14 nitrogen and oxygen atoms in total. The average molecular weight is 842 g/mol. The van der Waals surface area contributed by atoms with E-state index < -0.39 is 95.7 Å². The van der Waals surface area contributed by atoms with Gasteiger partial charge >= 0.3 is 11.9 Å². The zero-order valence-electron chi connectivity index (χ0n) is 39.0. The molecule has 0 aromatic heterocycles. The van der Waals surface area contributed by atoms with Gasteiger partial charge in [0.25, 0.3) is 0 Å². The highest BCUT2D eigenvalue weighted by Gasteiger charge is 2.57. The van der Waals surface area contributed by atoms with Crippen molar-refractivity contribution in [1.82, 2.24) is 4.90 Å². The van der Waals surface area contributed by atoms with E-state index in [4.69, 9.17) is 47.4 Å². The maximum Gasteiger partial charge on any atom is 0.311 e. The van der Waals surface area contributed by atoms with E-state index in [0.717, 1.165) is 18.4 Å². The Balaban J connectivity index is 1.87. The normalized spacial score (nSPS) is 41.1. The van der Waals surface area contributed by atoms with Crippen LogP contribution in [0.5, 0.6) is 0 Å². The smallest absolute Gasteiger partial charge is 0.311 e. The fourth-order valence-electron chi connectivity index (χ4n) is 10.1. The first-order valence-electron chi connectivity index (χ1n) is 22.1. The van der Waals surface area contributed by atoms with Crippen molar-refractivity contribution < 1.29 is 62.1 Å². The SMILES string of the molecule is CCCO[C@H](CC)[C@@](C)(O)[C@@H]1OC(=O)[C@H](C)[C@@H](OC2C[C@@](C)(OC)[C@@H](OCCC)[C@H](C)O2)[C@H](C)[C@@H](OC2O[C@H](C)C[C@H](N(C)C)[C@H]2OC(C)=O)[C@@]2(C)CC(C)=C(O2)[C@@H]1C. The van der Waals surface area contributed by atoms with Crippen LogP contribution in [0, 0.1) is 17.8 Å². The third kappa shape index (κ3) is 11.0. The monoisotopic (exact) mass is 842 g/mol. The number of esters is 2. The third-order valence-electron chi connectivity index (χ3n) is 13.2. The van der Waals surface area contributed by atoms with Gasteiger partial charge in [-0.15, -0.1) is 0 Å². The number of cyclic esters (lactones) is 1. The van der Waals surface area contributed by atoms with Gasteiger partial charge in [0, 0.05) is 46.0 Å². The van der Waals surface area contributed by atoms with E-state index in [1.165, 1.54) is 6.92 Å². The summed E-state index contributed by atoms with van der Waals surface area (Å²) in [6.07, 6.45) is -3.36. The minimum Gasteiger partial charge on any atom is -0.488 e. The molecule has 3 saturated heterocycles. The highest BCUT2D eigenvalue weighted by Crippen LogP contribution is 2.48. The van der Waals surface area contributed by atoms with Crippen molar-refractivity contribution in [2.45, 2.75) is 213 Å². The van der Waals surface area contributed by atoms with Crippen LogP contribution in [0.1, 0.15) is 129 Å². The summed E-state index contributed by atoms with van der Waals surface area (Å²) in [7, 11) is 5.56. The second-order valence-electron chi connectivity index (χ2n) is 18.6. The third-order valence-corrected chi connectivity index (χ3v) is 13.2. The Morgan fingerprint density at radius 1 is 0.983 bits per heavy atom. The van der Waals surface area contributed by atoms with Crippen LogP contribution in [0.2, 0.25) is 0 Å². The van der Waals surface area contributed by atoms with Gasteiger partial charge < -0.3 is 57.4 Å². The lowest BCUT2D eigenvalue weighted by Gasteiger charge is -2.49. The van der Waals surface area contributed by atoms with E-state index in [2.05, 4.69) is 6.92 Å². The lowest BCUT2D eigenvalue weighted by atomic mass is 9.78. The summed E-state index contributed by atoms with van der Waals surface area (Å²) >= 11 is 0. The summed E-state index contributed by atoms with van der Waals surface area (Å²) in [5.41, 5.74) is -2.45. The second kappa shape index (κ2) is 20.5. The molecule has 59 heavy (non-hydrogen) atoms. The topological polar surface area (TPSA) is 150 Å². The molecule has 0 aliphatic carbocycles. The summed E-state index contributed by atoms with van der Waals surface area (Å²) in [6, 6.07) is -0.199. The zero-order chi connectivity index (χ0) is 44.2. The van der Waals surface area contributed by atoms with E-state index in [9.17, 15) is 14.7 Å². The van der Waals surface area contributed by atoms with Crippen molar-refractivity contribution in [2.24, 2.45) is 17.8 Å². The summed E-state index contributed by atoms with van der Waals surface area (Å²) in [5.74, 6) is -2.42. The molecule has 4 aliphatic rings. The van der Waals surface area contributed by atoms with E-state index in [0.29, 0.717) is 44.7 Å². The number of ether oxygens (including phenoxy) is 10. The number of carbonyl (C=O) groups is 2. The van der Waals surface area contributed by atoms with Gasteiger partial charge in [-0.1, -0.05) is 34.6 Å². The largest absolute Gasteiger partial charge is 0.488 e. The Bertz CT molecular complexity index is 1420. The van der Waals surface area contributed by atoms with Gasteiger partial charge in [-0.25, -0.2) is 0 Å². The molecule has 2 bridgehead atoms. The molecule has 4 rings (SSSR count). The van der Waals surface area contributed by atoms with Crippen LogP contribution >= 0.6 is 0 Å². The Labute approximate surface area is 354 Å². The van der Waals surface area contributed by atoms with Gasteiger partial charge in [0.1, 0.15) is 35.3 Å². The number of nitrogens with zero attached hydrogens (tertiary/aromatic N) is 1. The number of carbonyl (C=O) groups excluding carboxylic acids is 2. The molecular weight excluding hydrogens is 762 g/mol. The van der Waals surface area contributed by atoms with E-state index >= 15 is 0 Å². The Hall–Kier alpha value is -1.88. The predicted octanol–water partition coefficient (Wildman–Crippen LogP) is 6.33. The van der Waals surface area contributed by atoms with E-state index in [-0.39, 0.29) is 18.2 Å². The second-order valence-corrected chi connectivity index (χ2v) is 18.6. The van der Waals surface area contributed by atoms with Crippen molar-refractivity contribution in [3.8, 4) is 0 Å². The number of aliphatic hydroxyl groups is 1. The molecule has 0 saturated carbocycles. The summed E-state index contributed by atoms with van der Waals surface area (Å²) < 4.78 is 65.5. The molecule has 1 N–H and O–H groups in total. The highest BCUT2D eigenvalue weighted by molar-refractivity contribution is 5.73. The van der Waals surface area contributed by atoms with Gasteiger partial charge in [0.05, 0.1) is 47.9 Å². The van der Waals surface area contributed by atoms with Gasteiger partial charge in [-0.2, -0.15) is 0 Å². The van der Waals surface area contributed by atoms with Gasteiger partial charge in [0.2, 0.25) is 0 Å². The van der Waals surface area contributed by atoms with Gasteiger partial charge in [-0.05, 0) is 93.8 Å². The molecule has 3 fully saturated rings. The van der Waals surface area contributed by atoms with Crippen LogP contribution in [0.3, 0.4) is 0 Å². The molecule has 4 aliphatic heterocycles. The highest BCUT2D eigenvalue weighted by atomic mass is 16.7. The van der Waals surface area contributed by atoms with Crippen LogP contribution in [0.15, 0.2) is 11.3 Å². The molecule has 0 aromatic carbocycles. The van der Waals surface area contributed by atoms with E-state index in [1.54, 1.807) is 21.0 Å². The fraction of sp³-hybridized carbons (Fsp3) is 0.911. The minimum atomic E-state index is -1.60. The standard InChI is InChI=1S/C45H79NO13/c1-17-20-51-33(19-3)45(13,49)39-27(6)35-25(4)23-44(12,59-35)38(58-42-37(55-31(10)47)32(46(14)15)22-26(5)53-42)28(7)36(29(8)41(48)57-39)56-34-24-43(11,50-16)40(30(9)54-34)52-21-18-2/h26-30,32-34,36-40,42,49H,17-24H2,1-16H3/t26-,27+,28+,29-,30+,32+,33-,34?,36+,37-,38-,39-,40+,42?,43-,44-,45-/m1/s1. The molecule has 17 atom stereocenters. The van der Waals surface area contributed by atoms with Crippen LogP contribution in [-0.4, -0.2) is 141 Å². The van der Waals surface area contributed by atoms with Crippen LogP contribution in [0.4, 0.5) is 0 Å².